The van der Waals surface area contributed by atoms with Crippen molar-refractivity contribution in [3.8, 4) is 0 Å². The monoisotopic (exact) mass is 477 g/mol. The number of piperidine rings is 1. The van der Waals surface area contributed by atoms with Crippen molar-refractivity contribution < 1.29 is 4.79 Å². The highest BCUT2D eigenvalue weighted by molar-refractivity contribution is 9.10. The molecule has 2 fully saturated rings. The Morgan fingerprint density at radius 2 is 1.90 bits per heavy atom. The Morgan fingerprint density at radius 1 is 1.14 bits per heavy atom. The van der Waals surface area contributed by atoms with Crippen LogP contribution in [-0.2, 0) is 4.79 Å². The van der Waals surface area contributed by atoms with Gasteiger partial charge in [-0.3, -0.25) is 4.79 Å². The van der Waals surface area contributed by atoms with E-state index in [-0.39, 0.29) is 4.87 Å². The molecule has 1 aromatic carbocycles. The van der Waals surface area contributed by atoms with E-state index in [9.17, 15) is 9.59 Å². The molecular formula is C22H28BrN3O2S. The van der Waals surface area contributed by atoms with Gasteiger partial charge in [-0.05, 0) is 69.8 Å². The lowest BCUT2D eigenvalue weighted by molar-refractivity contribution is 0.304. The summed E-state index contributed by atoms with van der Waals surface area (Å²) in [6.45, 7) is 5.62. The van der Waals surface area contributed by atoms with Gasteiger partial charge < -0.3 is 9.91 Å². The first-order chi connectivity index (χ1) is 14.2. The van der Waals surface area contributed by atoms with Crippen molar-refractivity contribution in [2.45, 2.75) is 44.9 Å². The molecule has 0 atom stereocenters. The van der Waals surface area contributed by atoms with Crippen molar-refractivity contribution in [2.75, 3.05) is 37.7 Å². The number of halogens is 1. The van der Waals surface area contributed by atoms with Crippen molar-refractivity contribution in [1.82, 2.24) is 9.58 Å². The van der Waals surface area contributed by atoms with E-state index in [1.54, 1.807) is 4.68 Å². The van der Waals surface area contributed by atoms with Crippen molar-refractivity contribution in [2.24, 2.45) is 5.92 Å². The number of benzene rings is 1. The average Bonchev–Trinajstić information content (AvgIpc) is 3.35. The highest BCUT2D eigenvalue weighted by Gasteiger charge is 2.23. The summed E-state index contributed by atoms with van der Waals surface area (Å²) in [6, 6.07) is 3.83. The summed E-state index contributed by atoms with van der Waals surface area (Å²) < 4.78 is 3.51. The van der Waals surface area contributed by atoms with Gasteiger partial charge in [-0.1, -0.05) is 40.1 Å². The fraction of sp³-hybridized carbons (Fsp3) is 0.591. The Balaban J connectivity index is 1.39. The Labute approximate surface area is 184 Å². The molecule has 0 amide bonds. The summed E-state index contributed by atoms with van der Waals surface area (Å²) in [6.07, 6.45) is 10.3. The minimum atomic E-state index is 0.0164. The second-order valence-corrected chi connectivity index (χ2v) is 10.0. The van der Waals surface area contributed by atoms with E-state index >= 15 is 0 Å². The number of hydrogen-bond acceptors (Lipinski definition) is 5. The molecule has 0 spiro atoms. The summed E-state index contributed by atoms with van der Waals surface area (Å²) in [7, 11) is 0. The molecule has 2 aliphatic heterocycles. The lowest BCUT2D eigenvalue weighted by Crippen LogP contribution is -2.45. The fourth-order valence-corrected chi connectivity index (χ4v) is 6.07. The standard InChI is InChI=1S/C22H28BrN3O2S/c23-19-6-7-20-21(18(19)10-16-27)26(22(28)29-20)25-14-8-17(9-15-25)5-1-2-11-24-12-3-4-13-24/h6-7,10,17H,1-5,8-9,11-15H2. The molecule has 0 N–H and O–H groups in total. The van der Waals surface area contributed by atoms with E-state index in [1.165, 1.54) is 69.2 Å². The molecule has 4 rings (SSSR count). The van der Waals surface area contributed by atoms with Gasteiger partial charge in [0.1, 0.15) is 5.94 Å². The molecule has 0 bridgehead atoms. The third-order valence-corrected chi connectivity index (χ3v) is 7.91. The van der Waals surface area contributed by atoms with Gasteiger partial charge in [0.15, 0.2) is 0 Å². The van der Waals surface area contributed by atoms with Gasteiger partial charge in [0.25, 0.3) is 0 Å². The van der Waals surface area contributed by atoms with E-state index in [0.29, 0.717) is 0 Å². The maximum atomic E-state index is 12.7. The van der Waals surface area contributed by atoms with Crippen LogP contribution in [0.3, 0.4) is 0 Å². The van der Waals surface area contributed by atoms with Gasteiger partial charge in [-0.15, -0.1) is 0 Å². The normalized spacial score (nSPS) is 18.4. The summed E-state index contributed by atoms with van der Waals surface area (Å²) in [5, 5.41) is 2.16. The minimum Gasteiger partial charge on any atom is -0.309 e. The van der Waals surface area contributed by atoms with Crippen LogP contribution >= 0.6 is 27.3 Å². The zero-order valence-corrected chi connectivity index (χ0v) is 19.1. The molecule has 0 aliphatic carbocycles. The Morgan fingerprint density at radius 3 is 2.62 bits per heavy atom. The molecule has 0 unspecified atom stereocenters. The zero-order chi connectivity index (χ0) is 20.2. The summed E-state index contributed by atoms with van der Waals surface area (Å²) in [5.41, 5.74) is 1.56. The SMILES string of the molecule is O=C=Cc1c(Br)ccc2sc(=O)n(N3CCC(CCCCN4CCCC4)CC3)c12. The highest BCUT2D eigenvalue weighted by atomic mass is 79.9. The topological polar surface area (TPSA) is 45.6 Å². The number of fused-ring (bicyclic) bond motifs is 1. The Hall–Kier alpha value is -1.40. The number of nitrogens with zero attached hydrogens (tertiary/aromatic N) is 3. The van der Waals surface area contributed by atoms with E-state index in [2.05, 4.69) is 25.8 Å². The Kier molecular flexibility index (Phi) is 6.91. The maximum absolute atomic E-state index is 12.7. The van der Waals surface area contributed by atoms with Crippen LogP contribution in [0.15, 0.2) is 21.4 Å². The largest absolute Gasteiger partial charge is 0.326 e. The number of likely N-dealkylation sites (tertiary alicyclic amines) is 1. The molecule has 2 saturated heterocycles. The Bertz CT molecular complexity index is 949. The lowest BCUT2D eigenvalue weighted by Gasteiger charge is -2.34. The van der Waals surface area contributed by atoms with Gasteiger partial charge in [0.05, 0.1) is 10.2 Å². The summed E-state index contributed by atoms with van der Waals surface area (Å²) in [5.74, 6) is 2.63. The quantitative estimate of drug-likeness (QED) is 0.440. The first kappa shape index (κ1) is 20.9. The molecule has 2 aliphatic rings. The minimum absolute atomic E-state index is 0.0164. The molecule has 3 heterocycles. The van der Waals surface area contributed by atoms with Gasteiger partial charge in [-0.25, -0.2) is 9.47 Å². The number of thiazole rings is 1. The van der Waals surface area contributed by atoms with E-state index in [0.717, 1.165) is 52.1 Å². The second-order valence-electron chi connectivity index (χ2n) is 8.19. The lowest BCUT2D eigenvalue weighted by atomic mass is 9.92. The number of rotatable bonds is 7. The van der Waals surface area contributed by atoms with Crippen LogP contribution < -0.4 is 9.88 Å². The van der Waals surface area contributed by atoms with Gasteiger partial charge in [0, 0.05) is 29.2 Å². The van der Waals surface area contributed by atoms with Crippen LogP contribution in [0.25, 0.3) is 16.3 Å². The van der Waals surface area contributed by atoms with Crippen LogP contribution in [0.4, 0.5) is 0 Å². The van der Waals surface area contributed by atoms with Crippen LogP contribution in [0, 0.1) is 5.92 Å². The average molecular weight is 478 g/mol. The predicted molar refractivity (Wildman–Crippen MR) is 124 cm³/mol. The third-order valence-electron chi connectivity index (χ3n) is 6.32. The number of aromatic nitrogens is 1. The molecule has 7 heteroatoms. The van der Waals surface area contributed by atoms with Crippen LogP contribution in [0.5, 0.6) is 0 Å². The van der Waals surface area contributed by atoms with Crippen LogP contribution in [0.1, 0.15) is 50.5 Å². The van der Waals surface area contributed by atoms with Crippen LogP contribution in [-0.4, -0.2) is 48.2 Å². The van der Waals surface area contributed by atoms with Crippen LogP contribution in [0.2, 0.25) is 0 Å². The maximum Gasteiger partial charge on any atom is 0.326 e. The van der Waals surface area contributed by atoms with Crippen molar-refractivity contribution in [3.05, 3.63) is 31.8 Å². The second kappa shape index (κ2) is 9.61. The number of unbranched alkanes of at least 4 members (excludes halogenated alkanes) is 1. The molecule has 5 nitrogen and oxygen atoms in total. The smallest absolute Gasteiger partial charge is 0.309 e. The van der Waals surface area contributed by atoms with E-state index in [1.807, 2.05) is 18.1 Å². The fourth-order valence-electron chi connectivity index (χ4n) is 4.73. The predicted octanol–water partition coefficient (Wildman–Crippen LogP) is 4.28. The van der Waals surface area contributed by atoms with E-state index in [4.69, 9.17) is 0 Å². The highest BCUT2D eigenvalue weighted by Crippen LogP contribution is 2.30. The van der Waals surface area contributed by atoms with Crippen molar-refractivity contribution >= 4 is 49.5 Å². The number of carbonyl (C=O) groups excluding carboxylic acids is 1. The first-order valence-electron chi connectivity index (χ1n) is 10.7. The van der Waals surface area contributed by atoms with Gasteiger partial charge >= 0.3 is 4.87 Å². The van der Waals surface area contributed by atoms with Gasteiger partial charge in [0.2, 0.25) is 0 Å². The molecule has 0 radical (unpaired) electrons. The molecular weight excluding hydrogens is 450 g/mol. The zero-order valence-electron chi connectivity index (χ0n) is 16.7. The molecule has 1 aromatic heterocycles. The molecule has 156 valence electrons. The molecule has 0 saturated carbocycles. The summed E-state index contributed by atoms with van der Waals surface area (Å²) in [4.78, 5) is 26.4. The third kappa shape index (κ3) is 4.69. The summed E-state index contributed by atoms with van der Waals surface area (Å²) >= 11 is 4.75. The number of hydrogen-bond donors (Lipinski definition) is 0. The van der Waals surface area contributed by atoms with Crippen molar-refractivity contribution in [1.29, 1.82) is 0 Å². The van der Waals surface area contributed by atoms with E-state index < -0.39 is 0 Å². The van der Waals surface area contributed by atoms with Crippen molar-refractivity contribution in [3.63, 3.8) is 0 Å². The first-order valence-corrected chi connectivity index (χ1v) is 12.3. The molecule has 29 heavy (non-hydrogen) atoms. The van der Waals surface area contributed by atoms with Gasteiger partial charge in [-0.2, -0.15) is 0 Å². The molecule has 2 aromatic rings.